The lowest BCUT2D eigenvalue weighted by Gasteiger charge is -2.07. The minimum absolute atomic E-state index is 0.00791. The normalized spacial score (nSPS) is 11.0. The largest absolute Gasteiger partial charge is 0.351 e. The number of benzene rings is 2. The second-order valence-electron chi connectivity index (χ2n) is 7.20. The molecule has 0 unspecified atom stereocenters. The van der Waals surface area contributed by atoms with E-state index in [2.05, 4.69) is 25.7 Å². The van der Waals surface area contributed by atoms with Crippen LogP contribution in [0.15, 0.2) is 53.3 Å². The first kappa shape index (κ1) is 21.5. The highest BCUT2D eigenvalue weighted by molar-refractivity contribution is 6.30. The van der Waals surface area contributed by atoms with Crippen molar-refractivity contribution in [1.29, 1.82) is 0 Å². The molecule has 0 radical (unpaired) electrons. The standard InChI is InChI=1S/C22H20ClFN6O2/c1-13-16(10-11-19(31)27-18-5-3-2-4-17(18)24)20(32)30-22(26-13)28-21(29-30)25-12-14-6-8-15(23)9-7-14/h2-9H,10-12H2,1H3,(H,27,31)(H2,25,26,28,29). The average molecular weight is 455 g/mol. The lowest BCUT2D eigenvalue weighted by Crippen LogP contribution is -2.23. The number of aromatic nitrogens is 4. The van der Waals surface area contributed by atoms with E-state index in [1.165, 1.54) is 16.6 Å². The highest BCUT2D eigenvalue weighted by atomic mass is 35.5. The van der Waals surface area contributed by atoms with Crippen molar-refractivity contribution in [2.24, 2.45) is 0 Å². The molecule has 2 aromatic carbocycles. The van der Waals surface area contributed by atoms with Crippen LogP contribution in [0.25, 0.3) is 5.78 Å². The van der Waals surface area contributed by atoms with Crippen molar-refractivity contribution >= 4 is 34.9 Å². The lowest BCUT2D eigenvalue weighted by molar-refractivity contribution is -0.116. The van der Waals surface area contributed by atoms with Crippen molar-refractivity contribution in [3.8, 4) is 0 Å². The van der Waals surface area contributed by atoms with Gasteiger partial charge in [0.2, 0.25) is 11.9 Å². The smallest absolute Gasteiger partial charge is 0.277 e. The summed E-state index contributed by atoms with van der Waals surface area (Å²) in [5, 5.41) is 9.17. The summed E-state index contributed by atoms with van der Waals surface area (Å²) in [7, 11) is 0. The highest BCUT2D eigenvalue weighted by Gasteiger charge is 2.15. The molecule has 0 aliphatic heterocycles. The number of halogens is 2. The van der Waals surface area contributed by atoms with Gasteiger partial charge in [0.1, 0.15) is 5.82 Å². The molecular weight excluding hydrogens is 435 g/mol. The molecule has 0 fully saturated rings. The van der Waals surface area contributed by atoms with Crippen molar-refractivity contribution in [1.82, 2.24) is 19.6 Å². The van der Waals surface area contributed by atoms with Gasteiger partial charge in [-0.3, -0.25) is 14.7 Å². The first-order valence-electron chi connectivity index (χ1n) is 9.91. The van der Waals surface area contributed by atoms with Crippen molar-refractivity contribution in [2.75, 3.05) is 10.6 Å². The number of amides is 1. The quantitative estimate of drug-likeness (QED) is 0.395. The molecule has 0 aliphatic carbocycles. The number of hydrogen-bond acceptors (Lipinski definition) is 5. The van der Waals surface area contributed by atoms with E-state index < -0.39 is 11.7 Å². The maximum absolute atomic E-state index is 13.7. The Balaban J connectivity index is 1.46. The molecule has 0 spiro atoms. The Morgan fingerprint density at radius 2 is 1.91 bits per heavy atom. The molecular formula is C22H20ClFN6O2. The second-order valence-corrected chi connectivity index (χ2v) is 7.63. The van der Waals surface area contributed by atoms with Crippen molar-refractivity contribution < 1.29 is 9.18 Å². The fourth-order valence-corrected chi connectivity index (χ4v) is 3.35. The molecule has 1 amide bonds. The number of H-pyrrole nitrogens is 1. The summed E-state index contributed by atoms with van der Waals surface area (Å²) < 4.78 is 14.9. The number of carbonyl (C=O) groups excluding carboxylic acids is 1. The zero-order valence-electron chi connectivity index (χ0n) is 17.2. The first-order valence-corrected chi connectivity index (χ1v) is 10.3. The number of carbonyl (C=O) groups is 1. The van der Waals surface area contributed by atoms with Crippen LogP contribution in [0, 0.1) is 12.7 Å². The molecule has 10 heteroatoms. The lowest BCUT2D eigenvalue weighted by atomic mass is 10.1. The Hall–Kier alpha value is -3.72. The fraction of sp³-hybridized carbons (Fsp3) is 0.182. The van der Waals surface area contributed by atoms with Crippen LogP contribution in [0.2, 0.25) is 5.02 Å². The SMILES string of the molecule is Cc1nc2nc(NCc3ccc(Cl)cc3)[nH]n2c(=O)c1CCC(=O)Nc1ccccc1F. The van der Waals surface area contributed by atoms with E-state index in [9.17, 15) is 14.0 Å². The van der Waals surface area contributed by atoms with Crippen LogP contribution in [0.3, 0.4) is 0 Å². The van der Waals surface area contributed by atoms with Crippen molar-refractivity contribution in [3.05, 3.63) is 86.5 Å². The number of aromatic amines is 1. The predicted octanol–water partition coefficient (Wildman–Crippen LogP) is 3.70. The minimum atomic E-state index is -0.517. The number of rotatable bonds is 7. The van der Waals surface area contributed by atoms with Crippen LogP contribution in [0.1, 0.15) is 23.2 Å². The molecule has 2 aromatic heterocycles. The molecule has 0 saturated carbocycles. The summed E-state index contributed by atoms with van der Waals surface area (Å²) >= 11 is 5.89. The monoisotopic (exact) mass is 454 g/mol. The van der Waals surface area contributed by atoms with Crippen LogP contribution in [-0.2, 0) is 17.8 Å². The molecule has 4 aromatic rings. The third-order valence-corrected chi connectivity index (χ3v) is 5.17. The van der Waals surface area contributed by atoms with Gasteiger partial charge >= 0.3 is 0 Å². The maximum atomic E-state index is 13.7. The topological polar surface area (TPSA) is 104 Å². The third kappa shape index (κ3) is 4.78. The second kappa shape index (κ2) is 9.19. The maximum Gasteiger partial charge on any atom is 0.277 e. The van der Waals surface area contributed by atoms with Gasteiger partial charge in [0, 0.05) is 23.6 Å². The van der Waals surface area contributed by atoms with E-state index in [0.29, 0.717) is 28.8 Å². The Labute approximate surface area is 187 Å². The van der Waals surface area contributed by atoms with Crippen LogP contribution in [0.5, 0.6) is 0 Å². The van der Waals surface area contributed by atoms with E-state index in [1.54, 1.807) is 31.2 Å². The Morgan fingerprint density at radius 3 is 2.66 bits per heavy atom. The van der Waals surface area contributed by atoms with Gasteiger partial charge in [-0.15, -0.1) is 0 Å². The van der Waals surface area contributed by atoms with Gasteiger partial charge in [-0.25, -0.2) is 9.37 Å². The number of aryl methyl sites for hydroxylation is 1. The van der Waals surface area contributed by atoms with E-state index in [0.717, 1.165) is 5.56 Å². The van der Waals surface area contributed by atoms with Gasteiger partial charge in [0.05, 0.1) is 11.4 Å². The molecule has 0 atom stereocenters. The molecule has 164 valence electrons. The Bertz CT molecular complexity index is 1330. The zero-order chi connectivity index (χ0) is 22.7. The average Bonchev–Trinajstić information content (AvgIpc) is 3.18. The summed E-state index contributed by atoms with van der Waals surface area (Å²) in [6, 6.07) is 13.3. The fourth-order valence-electron chi connectivity index (χ4n) is 3.22. The number of anilines is 2. The van der Waals surface area contributed by atoms with Crippen LogP contribution in [-0.4, -0.2) is 25.5 Å². The zero-order valence-corrected chi connectivity index (χ0v) is 17.9. The summed E-state index contributed by atoms with van der Waals surface area (Å²) in [5.41, 5.74) is 1.64. The number of hydrogen-bond donors (Lipinski definition) is 3. The van der Waals surface area contributed by atoms with E-state index in [-0.39, 0.29) is 29.9 Å². The molecule has 0 aliphatic rings. The molecule has 3 N–H and O–H groups in total. The number of fused-ring (bicyclic) bond motifs is 1. The molecule has 32 heavy (non-hydrogen) atoms. The van der Waals surface area contributed by atoms with Gasteiger partial charge in [0.15, 0.2) is 0 Å². The Morgan fingerprint density at radius 1 is 1.16 bits per heavy atom. The number of nitrogens with one attached hydrogen (secondary N) is 3. The summed E-state index contributed by atoms with van der Waals surface area (Å²) in [5.74, 6) is -0.297. The predicted molar refractivity (Wildman–Crippen MR) is 120 cm³/mol. The van der Waals surface area contributed by atoms with E-state index in [1.807, 2.05) is 12.1 Å². The summed E-state index contributed by atoms with van der Waals surface area (Å²) in [6.45, 7) is 2.18. The molecule has 4 rings (SSSR count). The molecule has 0 bridgehead atoms. The van der Waals surface area contributed by atoms with E-state index >= 15 is 0 Å². The summed E-state index contributed by atoms with van der Waals surface area (Å²) in [4.78, 5) is 33.8. The van der Waals surface area contributed by atoms with Gasteiger partial charge in [-0.1, -0.05) is 35.9 Å². The molecule has 8 nitrogen and oxygen atoms in total. The van der Waals surface area contributed by atoms with Gasteiger partial charge < -0.3 is 10.6 Å². The Kier molecular flexibility index (Phi) is 6.18. The van der Waals surface area contributed by atoms with Crippen molar-refractivity contribution in [2.45, 2.75) is 26.3 Å². The van der Waals surface area contributed by atoms with Crippen LogP contribution < -0.4 is 16.2 Å². The van der Waals surface area contributed by atoms with Crippen LogP contribution >= 0.6 is 11.6 Å². The van der Waals surface area contributed by atoms with Crippen molar-refractivity contribution in [3.63, 3.8) is 0 Å². The van der Waals surface area contributed by atoms with Gasteiger partial charge in [-0.2, -0.15) is 9.50 Å². The highest BCUT2D eigenvalue weighted by Crippen LogP contribution is 2.14. The van der Waals surface area contributed by atoms with E-state index in [4.69, 9.17) is 11.6 Å². The third-order valence-electron chi connectivity index (χ3n) is 4.92. The number of nitrogens with zero attached hydrogens (tertiary/aromatic N) is 3. The van der Waals surface area contributed by atoms with Crippen LogP contribution in [0.4, 0.5) is 16.0 Å². The first-order chi connectivity index (χ1) is 15.4. The van der Waals surface area contributed by atoms with Gasteiger partial charge in [0.25, 0.3) is 11.3 Å². The van der Waals surface area contributed by atoms with Gasteiger partial charge in [-0.05, 0) is 43.2 Å². The molecule has 2 heterocycles. The number of para-hydroxylation sites is 1. The summed E-state index contributed by atoms with van der Waals surface area (Å²) in [6.07, 6.45) is 0.168. The molecule has 0 saturated heterocycles. The minimum Gasteiger partial charge on any atom is -0.351 e.